The third-order valence-electron chi connectivity index (χ3n) is 2.67. The minimum absolute atomic E-state index is 0.0376. The highest BCUT2D eigenvalue weighted by Gasteiger charge is 2.16. The molecule has 0 saturated carbocycles. The van der Waals surface area contributed by atoms with Crippen LogP contribution in [-0.2, 0) is 16.4 Å². The van der Waals surface area contributed by atoms with Crippen molar-refractivity contribution in [3.05, 3.63) is 33.2 Å². The number of aryl methyl sites for hydroxylation is 1. The molecule has 0 aliphatic heterocycles. The molecule has 1 N–H and O–H groups in total. The SMILES string of the molecule is Cc1cc(=O)n(CCS(C)(=O)=O)c(C)c1C(=O)O. The van der Waals surface area contributed by atoms with Crippen LogP contribution in [0.25, 0.3) is 0 Å². The maximum absolute atomic E-state index is 11.7. The quantitative estimate of drug-likeness (QED) is 0.846. The Morgan fingerprint density at radius 3 is 2.39 bits per heavy atom. The van der Waals surface area contributed by atoms with E-state index in [0.717, 1.165) is 6.26 Å². The zero-order valence-corrected chi connectivity index (χ0v) is 11.2. The smallest absolute Gasteiger partial charge is 0.337 e. The van der Waals surface area contributed by atoms with Crippen molar-refractivity contribution >= 4 is 15.8 Å². The summed E-state index contributed by atoms with van der Waals surface area (Å²) in [5, 5.41) is 9.06. The summed E-state index contributed by atoms with van der Waals surface area (Å²) in [4.78, 5) is 22.8. The van der Waals surface area contributed by atoms with E-state index >= 15 is 0 Å². The highest BCUT2D eigenvalue weighted by molar-refractivity contribution is 7.90. The van der Waals surface area contributed by atoms with Crippen molar-refractivity contribution in [1.82, 2.24) is 4.57 Å². The largest absolute Gasteiger partial charge is 0.478 e. The normalized spacial score (nSPS) is 11.5. The van der Waals surface area contributed by atoms with Gasteiger partial charge in [-0.05, 0) is 19.4 Å². The molecule has 1 heterocycles. The maximum Gasteiger partial charge on any atom is 0.337 e. The number of aromatic nitrogens is 1. The summed E-state index contributed by atoms with van der Waals surface area (Å²) < 4.78 is 23.3. The van der Waals surface area contributed by atoms with Gasteiger partial charge in [-0.15, -0.1) is 0 Å². The molecule has 1 aromatic rings. The molecule has 0 fully saturated rings. The van der Waals surface area contributed by atoms with Gasteiger partial charge in [-0.25, -0.2) is 13.2 Å². The molecule has 0 aromatic carbocycles. The van der Waals surface area contributed by atoms with Gasteiger partial charge in [0.1, 0.15) is 9.84 Å². The number of hydrogen-bond acceptors (Lipinski definition) is 4. The Labute approximate surface area is 105 Å². The highest BCUT2D eigenvalue weighted by Crippen LogP contribution is 2.11. The van der Waals surface area contributed by atoms with Crippen molar-refractivity contribution in [3.8, 4) is 0 Å². The van der Waals surface area contributed by atoms with E-state index in [9.17, 15) is 18.0 Å². The third kappa shape index (κ3) is 3.19. The van der Waals surface area contributed by atoms with Gasteiger partial charge in [-0.1, -0.05) is 0 Å². The molecule has 0 aliphatic rings. The molecule has 6 nitrogen and oxygen atoms in total. The minimum Gasteiger partial charge on any atom is -0.478 e. The Balaban J connectivity index is 3.33. The van der Waals surface area contributed by atoms with Crippen LogP contribution in [0, 0.1) is 13.8 Å². The summed E-state index contributed by atoms with van der Waals surface area (Å²) in [7, 11) is -3.21. The number of hydrogen-bond donors (Lipinski definition) is 1. The van der Waals surface area contributed by atoms with Crippen LogP contribution in [0.2, 0.25) is 0 Å². The Hall–Kier alpha value is -1.63. The number of rotatable bonds is 4. The highest BCUT2D eigenvalue weighted by atomic mass is 32.2. The second-order valence-corrected chi connectivity index (χ2v) is 6.47. The van der Waals surface area contributed by atoms with Crippen LogP contribution in [-0.4, -0.2) is 36.1 Å². The molecular weight excluding hydrogens is 258 g/mol. The predicted molar refractivity (Wildman–Crippen MR) is 66.8 cm³/mol. The summed E-state index contributed by atoms with van der Waals surface area (Å²) in [5.74, 6) is -1.33. The van der Waals surface area contributed by atoms with Crippen LogP contribution >= 0.6 is 0 Å². The van der Waals surface area contributed by atoms with E-state index in [0.29, 0.717) is 5.56 Å². The summed E-state index contributed by atoms with van der Waals surface area (Å²) in [6.45, 7) is 3.00. The van der Waals surface area contributed by atoms with Crippen molar-refractivity contribution in [2.45, 2.75) is 20.4 Å². The fourth-order valence-corrected chi connectivity index (χ4v) is 2.29. The zero-order chi connectivity index (χ0) is 14.1. The number of aromatic carboxylic acids is 1. The second kappa shape index (κ2) is 4.93. The Morgan fingerprint density at radius 1 is 1.39 bits per heavy atom. The fourth-order valence-electron chi connectivity index (χ4n) is 1.78. The molecule has 1 aromatic heterocycles. The molecular formula is C11H15NO5S. The standard InChI is InChI=1S/C11H15NO5S/c1-7-6-9(13)12(4-5-18(3,16)17)8(2)10(7)11(14)15/h6H,4-5H2,1-3H3,(H,14,15). The van der Waals surface area contributed by atoms with E-state index in [4.69, 9.17) is 5.11 Å². The first kappa shape index (κ1) is 14.4. The molecule has 0 unspecified atom stereocenters. The van der Waals surface area contributed by atoms with Crippen LogP contribution in [0.15, 0.2) is 10.9 Å². The number of carbonyl (C=O) groups is 1. The van der Waals surface area contributed by atoms with Crippen molar-refractivity contribution in [2.24, 2.45) is 0 Å². The van der Waals surface area contributed by atoms with E-state index in [-0.39, 0.29) is 23.6 Å². The van der Waals surface area contributed by atoms with Crippen LogP contribution in [0.1, 0.15) is 21.6 Å². The van der Waals surface area contributed by atoms with E-state index in [1.165, 1.54) is 17.6 Å². The van der Waals surface area contributed by atoms with Gasteiger partial charge in [0.05, 0.1) is 11.3 Å². The first-order valence-electron chi connectivity index (χ1n) is 5.25. The van der Waals surface area contributed by atoms with Gasteiger partial charge in [0, 0.05) is 24.6 Å². The topological polar surface area (TPSA) is 93.4 Å². The lowest BCUT2D eigenvalue weighted by Crippen LogP contribution is -2.28. The fraction of sp³-hybridized carbons (Fsp3) is 0.455. The predicted octanol–water partition coefficient (Wildman–Crippen LogP) is 0.208. The molecule has 1 rings (SSSR count). The number of carboxylic acid groups (broad SMARTS) is 1. The van der Waals surface area contributed by atoms with Gasteiger partial charge in [0.2, 0.25) is 0 Å². The van der Waals surface area contributed by atoms with E-state index < -0.39 is 21.4 Å². The molecule has 18 heavy (non-hydrogen) atoms. The summed E-state index contributed by atoms with van der Waals surface area (Å²) in [6.07, 6.45) is 1.07. The van der Waals surface area contributed by atoms with Crippen molar-refractivity contribution in [1.29, 1.82) is 0 Å². The molecule has 7 heteroatoms. The average Bonchev–Trinajstić information content (AvgIpc) is 2.13. The van der Waals surface area contributed by atoms with Gasteiger partial charge >= 0.3 is 5.97 Å². The van der Waals surface area contributed by atoms with E-state index in [1.54, 1.807) is 6.92 Å². The third-order valence-corrected chi connectivity index (χ3v) is 3.59. The van der Waals surface area contributed by atoms with Crippen LogP contribution in [0.3, 0.4) is 0 Å². The summed E-state index contributed by atoms with van der Waals surface area (Å²) in [6, 6.07) is 1.21. The van der Waals surface area contributed by atoms with E-state index in [1.807, 2.05) is 0 Å². The van der Waals surface area contributed by atoms with Crippen molar-refractivity contribution in [2.75, 3.05) is 12.0 Å². The lowest BCUT2D eigenvalue weighted by atomic mass is 10.1. The first-order valence-corrected chi connectivity index (χ1v) is 7.31. The molecule has 100 valence electrons. The lowest BCUT2D eigenvalue weighted by molar-refractivity contribution is 0.0694. The number of sulfone groups is 1. The molecule has 0 saturated heterocycles. The van der Waals surface area contributed by atoms with E-state index in [2.05, 4.69) is 0 Å². The number of nitrogens with zero attached hydrogens (tertiary/aromatic N) is 1. The maximum atomic E-state index is 11.7. The van der Waals surface area contributed by atoms with Gasteiger partial charge in [-0.3, -0.25) is 4.79 Å². The van der Waals surface area contributed by atoms with Crippen LogP contribution in [0.4, 0.5) is 0 Å². The lowest BCUT2D eigenvalue weighted by Gasteiger charge is -2.13. The van der Waals surface area contributed by atoms with Crippen LogP contribution in [0.5, 0.6) is 0 Å². The van der Waals surface area contributed by atoms with Gasteiger partial charge in [0.15, 0.2) is 0 Å². The number of pyridine rings is 1. The molecule has 0 spiro atoms. The molecule has 0 atom stereocenters. The van der Waals surface area contributed by atoms with Crippen molar-refractivity contribution in [3.63, 3.8) is 0 Å². The average molecular weight is 273 g/mol. The van der Waals surface area contributed by atoms with Crippen molar-refractivity contribution < 1.29 is 18.3 Å². The number of carboxylic acids is 1. The summed E-state index contributed by atoms with van der Waals surface area (Å²) in [5.41, 5.74) is 0.304. The molecule has 0 radical (unpaired) electrons. The first-order chi connectivity index (χ1) is 8.13. The Kier molecular flexibility index (Phi) is 3.95. The molecule has 0 amide bonds. The Morgan fingerprint density at radius 2 is 1.94 bits per heavy atom. The Bertz CT molecular complexity index is 642. The van der Waals surface area contributed by atoms with Gasteiger partial charge in [-0.2, -0.15) is 0 Å². The molecule has 0 bridgehead atoms. The monoisotopic (exact) mass is 273 g/mol. The second-order valence-electron chi connectivity index (χ2n) is 4.21. The molecule has 0 aliphatic carbocycles. The van der Waals surface area contributed by atoms with Crippen LogP contribution < -0.4 is 5.56 Å². The van der Waals surface area contributed by atoms with Gasteiger partial charge < -0.3 is 9.67 Å². The summed E-state index contributed by atoms with van der Waals surface area (Å²) >= 11 is 0. The minimum atomic E-state index is -3.21. The van der Waals surface area contributed by atoms with Gasteiger partial charge in [0.25, 0.3) is 5.56 Å². The zero-order valence-electron chi connectivity index (χ0n) is 10.4.